The molecule has 1 N–H and O–H groups in total. The third-order valence-corrected chi connectivity index (χ3v) is 2.89. The number of rotatable bonds is 5. The lowest BCUT2D eigenvalue weighted by Gasteiger charge is -2.20. The molecule has 1 aliphatic rings. The van der Waals surface area contributed by atoms with Gasteiger partial charge >= 0.3 is 0 Å². The number of ketones is 1. The van der Waals surface area contributed by atoms with Crippen LogP contribution in [0.4, 0.5) is 0 Å². The first-order chi connectivity index (χ1) is 6.59. The fourth-order valence-electron chi connectivity index (χ4n) is 1.96. The summed E-state index contributed by atoms with van der Waals surface area (Å²) in [7, 11) is 2.02. The first kappa shape index (κ1) is 11.7. The second-order valence-electron chi connectivity index (χ2n) is 4.46. The third kappa shape index (κ3) is 3.76. The summed E-state index contributed by atoms with van der Waals surface area (Å²) in [4.78, 5) is 13.5. The Balaban J connectivity index is 2.19. The molecule has 3 heteroatoms. The van der Waals surface area contributed by atoms with Crippen molar-refractivity contribution in [3.8, 4) is 0 Å². The SMILES string of the molecule is CC(O)CCN(C)CC1CCCC1=O. The van der Waals surface area contributed by atoms with Crippen LogP contribution in [0.25, 0.3) is 0 Å². The molecule has 0 heterocycles. The van der Waals surface area contributed by atoms with E-state index in [-0.39, 0.29) is 12.0 Å². The van der Waals surface area contributed by atoms with Crippen molar-refractivity contribution < 1.29 is 9.90 Å². The molecule has 0 saturated heterocycles. The Hall–Kier alpha value is -0.410. The highest BCUT2D eigenvalue weighted by Gasteiger charge is 2.25. The van der Waals surface area contributed by atoms with Gasteiger partial charge in [-0.25, -0.2) is 0 Å². The van der Waals surface area contributed by atoms with Crippen LogP contribution in [0.15, 0.2) is 0 Å². The maximum Gasteiger partial charge on any atom is 0.137 e. The zero-order valence-electron chi connectivity index (χ0n) is 9.20. The molecule has 0 aromatic rings. The van der Waals surface area contributed by atoms with Gasteiger partial charge in [-0.15, -0.1) is 0 Å². The van der Waals surface area contributed by atoms with Crippen molar-refractivity contribution >= 4 is 5.78 Å². The average molecular weight is 199 g/mol. The smallest absolute Gasteiger partial charge is 0.137 e. The summed E-state index contributed by atoms with van der Waals surface area (Å²) in [6.07, 6.45) is 3.44. The van der Waals surface area contributed by atoms with Crippen molar-refractivity contribution in [3.63, 3.8) is 0 Å². The first-order valence-electron chi connectivity index (χ1n) is 5.49. The van der Waals surface area contributed by atoms with E-state index in [4.69, 9.17) is 5.11 Å². The van der Waals surface area contributed by atoms with Crippen LogP contribution in [-0.4, -0.2) is 42.0 Å². The van der Waals surface area contributed by atoms with E-state index in [2.05, 4.69) is 4.90 Å². The van der Waals surface area contributed by atoms with E-state index in [1.54, 1.807) is 6.92 Å². The monoisotopic (exact) mass is 199 g/mol. The van der Waals surface area contributed by atoms with Gasteiger partial charge in [-0.05, 0) is 33.2 Å². The van der Waals surface area contributed by atoms with Gasteiger partial charge in [-0.1, -0.05) is 0 Å². The molecule has 1 saturated carbocycles. The minimum absolute atomic E-state index is 0.239. The van der Waals surface area contributed by atoms with E-state index >= 15 is 0 Å². The molecule has 0 aromatic heterocycles. The predicted molar refractivity (Wildman–Crippen MR) is 56.1 cm³/mol. The van der Waals surface area contributed by atoms with Crippen LogP contribution < -0.4 is 0 Å². The van der Waals surface area contributed by atoms with Crippen LogP contribution in [0.2, 0.25) is 0 Å². The highest BCUT2D eigenvalue weighted by atomic mass is 16.3. The van der Waals surface area contributed by atoms with Crippen LogP contribution >= 0.6 is 0 Å². The Bertz CT molecular complexity index is 192. The van der Waals surface area contributed by atoms with E-state index in [9.17, 15) is 4.79 Å². The summed E-state index contributed by atoms with van der Waals surface area (Å²) in [5.41, 5.74) is 0. The largest absolute Gasteiger partial charge is 0.393 e. The van der Waals surface area contributed by atoms with E-state index in [1.165, 1.54) is 0 Å². The lowest BCUT2D eigenvalue weighted by Crippen LogP contribution is -2.29. The van der Waals surface area contributed by atoms with Crippen LogP contribution in [0, 0.1) is 5.92 Å². The van der Waals surface area contributed by atoms with Crippen molar-refractivity contribution in [2.24, 2.45) is 5.92 Å². The molecular weight excluding hydrogens is 178 g/mol. The van der Waals surface area contributed by atoms with E-state index < -0.39 is 0 Å². The van der Waals surface area contributed by atoms with E-state index in [0.717, 1.165) is 38.8 Å². The minimum Gasteiger partial charge on any atom is -0.393 e. The van der Waals surface area contributed by atoms with Gasteiger partial charge in [0.25, 0.3) is 0 Å². The van der Waals surface area contributed by atoms with Crippen molar-refractivity contribution in [1.29, 1.82) is 0 Å². The van der Waals surface area contributed by atoms with Crippen LogP contribution in [0.3, 0.4) is 0 Å². The molecule has 0 radical (unpaired) electrons. The number of nitrogens with zero attached hydrogens (tertiary/aromatic N) is 1. The molecule has 0 bridgehead atoms. The number of hydrogen-bond donors (Lipinski definition) is 1. The molecule has 0 spiro atoms. The van der Waals surface area contributed by atoms with Gasteiger partial charge in [0, 0.05) is 25.4 Å². The number of hydrogen-bond acceptors (Lipinski definition) is 3. The van der Waals surface area contributed by atoms with Crippen molar-refractivity contribution in [2.45, 2.75) is 38.7 Å². The van der Waals surface area contributed by atoms with Crippen molar-refractivity contribution in [3.05, 3.63) is 0 Å². The standard InChI is InChI=1S/C11H21NO2/c1-9(13)6-7-12(2)8-10-4-3-5-11(10)14/h9-10,13H,3-8H2,1-2H3. The minimum atomic E-state index is -0.239. The quantitative estimate of drug-likeness (QED) is 0.719. The molecule has 3 nitrogen and oxygen atoms in total. The van der Waals surface area contributed by atoms with Gasteiger partial charge in [-0.2, -0.15) is 0 Å². The summed E-state index contributed by atoms with van der Waals surface area (Å²) < 4.78 is 0. The highest BCUT2D eigenvalue weighted by Crippen LogP contribution is 2.21. The second-order valence-corrected chi connectivity index (χ2v) is 4.46. The molecular formula is C11H21NO2. The fourth-order valence-corrected chi connectivity index (χ4v) is 1.96. The van der Waals surface area contributed by atoms with Crippen molar-refractivity contribution in [2.75, 3.05) is 20.1 Å². The van der Waals surface area contributed by atoms with Gasteiger partial charge in [0.15, 0.2) is 0 Å². The molecule has 0 amide bonds. The lowest BCUT2D eigenvalue weighted by molar-refractivity contribution is -0.121. The number of Topliss-reactive ketones (excluding diaryl/α,β-unsaturated/α-hetero) is 1. The first-order valence-corrected chi connectivity index (χ1v) is 5.49. The Morgan fingerprint density at radius 3 is 2.86 bits per heavy atom. The maximum absolute atomic E-state index is 11.4. The zero-order chi connectivity index (χ0) is 10.6. The van der Waals surface area contributed by atoms with Crippen molar-refractivity contribution in [1.82, 2.24) is 4.90 Å². The molecule has 1 fully saturated rings. The molecule has 0 aliphatic heterocycles. The van der Waals surface area contributed by atoms with E-state index in [1.807, 2.05) is 7.05 Å². The molecule has 1 rings (SSSR count). The predicted octanol–water partition coefficient (Wildman–Crippen LogP) is 1.06. The maximum atomic E-state index is 11.4. The number of carbonyl (C=O) groups excluding carboxylic acids is 1. The lowest BCUT2D eigenvalue weighted by atomic mass is 10.1. The number of aliphatic hydroxyl groups is 1. The second kappa shape index (κ2) is 5.47. The van der Waals surface area contributed by atoms with Gasteiger partial charge < -0.3 is 10.0 Å². The molecule has 82 valence electrons. The fraction of sp³-hybridized carbons (Fsp3) is 0.909. The summed E-state index contributed by atoms with van der Waals surface area (Å²) in [5, 5.41) is 9.12. The van der Waals surface area contributed by atoms with E-state index in [0.29, 0.717) is 5.78 Å². The molecule has 2 atom stereocenters. The Morgan fingerprint density at radius 1 is 1.64 bits per heavy atom. The Labute approximate surface area is 86.1 Å². The Kier molecular flexibility index (Phi) is 4.55. The molecule has 1 aliphatic carbocycles. The molecule has 2 unspecified atom stereocenters. The zero-order valence-corrected chi connectivity index (χ0v) is 9.20. The molecule has 0 aromatic carbocycles. The van der Waals surface area contributed by atoms with Gasteiger partial charge in [0.1, 0.15) is 5.78 Å². The van der Waals surface area contributed by atoms with Crippen LogP contribution in [-0.2, 0) is 4.79 Å². The Morgan fingerprint density at radius 2 is 2.36 bits per heavy atom. The summed E-state index contributed by atoms with van der Waals surface area (Å²) in [6.45, 7) is 3.54. The molecule has 14 heavy (non-hydrogen) atoms. The summed E-state index contributed by atoms with van der Waals surface area (Å²) >= 11 is 0. The topological polar surface area (TPSA) is 40.5 Å². The summed E-state index contributed by atoms with van der Waals surface area (Å²) in [6, 6.07) is 0. The summed E-state index contributed by atoms with van der Waals surface area (Å²) in [5.74, 6) is 0.683. The number of aliphatic hydroxyl groups excluding tert-OH is 1. The average Bonchev–Trinajstić information content (AvgIpc) is 2.49. The van der Waals surface area contributed by atoms with Gasteiger partial charge in [-0.3, -0.25) is 4.79 Å². The number of carbonyl (C=O) groups is 1. The third-order valence-electron chi connectivity index (χ3n) is 2.89. The van der Waals surface area contributed by atoms with Crippen LogP contribution in [0.5, 0.6) is 0 Å². The van der Waals surface area contributed by atoms with Crippen LogP contribution in [0.1, 0.15) is 32.6 Å². The van der Waals surface area contributed by atoms with Gasteiger partial charge in [0.2, 0.25) is 0 Å². The highest BCUT2D eigenvalue weighted by molar-refractivity contribution is 5.83. The van der Waals surface area contributed by atoms with Gasteiger partial charge in [0.05, 0.1) is 6.10 Å². The normalized spacial score (nSPS) is 24.6.